The highest BCUT2D eigenvalue weighted by atomic mass is 16.5. The second-order valence-corrected chi connectivity index (χ2v) is 6.32. The van der Waals surface area contributed by atoms with Gasteiger partial charge in [0, 0.05) is 12.5 Å². The summed E-state index contributed by atoms with van der Waals surface area (Å²) < 4.78 is 11.0. The highest BCUT2D eigenvalue weighted by Crippen LogP contribution is 2.42. The molecule has 0 radical (unpaired) electrons. The van der Waals surface area contributed by atoms with Crippen molar-refractivity contribution in [2.24, 2.45) is 11.8 Å². The number of phenolic OH excluding ortho intramolecular Hbond substituents is 3. The molecule has 1 heterocycles. The lowest BCUT2D eigenvalue weighted by molar-refractivity contribution is 0.0717. The first-order chi connectivity index (χ1) is 12.0. The third kappa shape index (κ3) is 3.50. The average Bonchev–Trinajstić information content (AvgIpc) is 3.01. The number of ether oxygens (including phenoxy) is 2. The van der Waals surface area contributed by atoms with E-state index in [1.807, 2.05) is 6.07 Å². The van der Waals surface area contributed by atoms with Gasteiger partial charge in [0.1, 0.15) is 0 Å². The topological polar surface area (TPSA) is 99.4 Å². The number of phenols is 3. The van der Waals surface area contributed by atoms with Crippen molar-refractivity contribution in [2.45, 2.75) is 12.5 Å². The Morgan fingerprint density at radius 3 is 2.48 bits per heavy atom. The minimum atomic E-state index is -0.347. The Labute approximate surface area is 145 Å². The molecule has 0 spiro atoms. The van der Waals surface area contributed by atoms with E-state index in [9.17, 15) is 20.4 Å². The predicted molar refractivity (Wildman–Crippen MR) is 90.9 cm³/mol. The molecule has 134 valence electrons. The summed E-state index contributed by atoms with van der Waals surface area (Å²) in [7, 11) is 1.50. The largest absolute Gasteiger partial charge is 0.504 e. The molecular weight excluding hydrogens is 324 g/mol. The third-order valence-corrected chi connectivity index (χ3v) is 4.77. The van der Waals surface area contributed by atoms with E-state index in [0.717, 1.165) is 11.1 Å². The average molecular weight is 346 g/mol. The number of hydrogen-bond donors (Lipinski definition) is 4. The smallest absolute Gasteiger partial charge is 0.160 e. The fraction of sp³-hybridized carbons (Fsp3) is 0.368. The van der Waals surface area contributed by atoms with Crippen LogP contribution in [0, 0.1) is 11.8 Å². The number of aliphatic hydroxyl groups is 1. The highest BCUT2D eigenvalue weighted by molar-refractivity contribution is 5.43. The van der Waals surface area contributed by atoms with E-state index >= 15 is 0 Å². The van der Waals surface area contributed by atoms with E-state index in [4.69, 9.17) is 9.47 Å². The van der Waals surface area contributed by atoms with Crippen molar-refractivity contribution in [1.29, 1.82) is 0 Å². The molecule has 0 aliphatic carbocycles. The summed E-state index contributed by atoms with van der Waals surface area (Å²) in [5, 5.41) is 38.7. The van der Waals surface area contributed by atoms with Crippen molar-refractivity contribution >= 4 is 0 Å². The summed E-state index contributed by atoms with van der Waals surface area (Å²) in [5.74, 6) is 0.0607. The van der Waals surface area contributed by atoms with Crippen molar-refractivity contribution in [3.05, 3.63) is 47.5 Å². The Morgan fingerprint density at radius 2 is 1.80 bits per heavy atom. The molecular formula is C19H22O6. The van der Waals surface area contributed by atoms with Gasteiger partial charge in [0.25, 0.3) is 0 Å². The maximum absolute atomic E-state index is 9.86. The van der Waals surface area contributed by atoms with Gasteiger partial charge in [-0.25, -0.2) is 0 Å². The number of aliphatic hydroxyl groups excluding tert-OH is 1. The number of aromatic hydroxyl groups is 3. The summed E-state index contributed by atoms with van der Waals surface area (Å²) in [6.07, 6.45) is 0.322. The summed E-state index contributed by atoms with van der Waals surface area (Å²) in [5.41, 5.74) is 1.70. The van der Waals surface area contributed by atoms with Gasteiger partial charge in [0.2, 0.25) is 0 Å². The molecule has 6 nitrogen and oxygen atoms in total. The van der Waals surface area contributed by atoms with E-state index < -0.39 is 0 Å². The molecule has 1 fully saturated rings. The Bertz CT molecular complexity index is 745. The predicted octanol–water partition coefficient (Wildman–Crippen LogP) is 2.35. The first-order valence-electron chi connectivity index (χ1n) is 8.13. The molecule has 0 unspecified atom stereocenters. The van der Waals surface area contributed by atoms with Crippen molar-refractivity contribution in [3.63, 3.8) is 0 Å². The second kappa shape index (κ2) is 7.21. The van der Waals surface area contributed by atoms with Gasteiger partial charge < -0.3 is 29.9 Å². The third-order valence-electron chi connectivity index (χ3n) is 4.77. The van der Waals surface area contributed by atoms with Crippen LogP contribution >= 0.6 is 0 Å². The minimum Gasteiger partial charge on any atom is -0.504 e. The zero-order valence-electron chi connectivity index (χ0n) is 13.9. The van der Waals surface area contributed by atoms with E-state index in [-0.39, 0.29) is 41.8 Å². The maximum atomic E-state index is 9.86. The van der Waals surface area contributed by atoms with Crippen molar-refractivity contribution in [2.75, 3.05) is 20.3 Å². The van der Waals surface area contributed by atoms with Gasteiger partial charge in [-0.3, -0.25) is 0 Å². The van der Waals surface area contributed by atoms with Gasteiger partial charge >= 0.3 is 0 Å². The van der Waals surface area contributed by atoms with E-state index in [1.165, 1.54) is 19.2 Å². The summed E-state index contributed by atoms with van der Waals surface area (Å²) in [4.78, 5) is 0. The van der Waals surface area contributed by atoms with Crippen LogP contribution in [0.3, 0.4) is 0 Å². The summed E-state index contributed by atoms with van der Waals surface area (Å²) >= 11 is 0. The lowest BCUT2D eigenvalue weighted by Gasteiger charge is -2.21. The molecule has 1 aliphatic rings. The quantitative estimate of drug-likeness (QED) is 0.620. The molecule has 2 aromatic carbocycles. The molecule has 0 bridgehead atoms. The van der Waals surface area contributed by atoms with Gasteiger partial charge in [-0.15, -0.1) is 0 Å². The molecule has 3 rings (SSSR count). The molecule has 1 aliphatic heterocycles. The Hall–Kier alpha value is -2.44. The van der Waals surface area contributed by atoms with Gasteiger partial charge in [-0.05, 0) is 47.7 Å². The molecule has 25 heavy (non-hydrogen) atoms. The Kier molecular flexibility index (Phi) is 5.01. The van der Waals surface area contributed by atoms with Crippen molar-refractivity contribution < 1.29 is 29.9 Å². The van der Waals surface area contributed by atoms with Crippen LogP contribution in [0.25, 0.3) is 0 Å². The van der Waals surface area contributed by atoms with E-state index in [1.54, 1.807) is 18.2 Å². The molecule has 6 heteroatoms. The SMILES string of the molecule is COc1cc(C[C@@H]2CO[C@H](c3ccc(O)c(O)c3)[C@@H]2CO)ccc1O. The van der Waals surface area contributed by atoms with Crippen LogP contribution in [0.5, 0.6) is 23.0 Å². The standard InChI is InChI=1S/C19H22O6/c1-24-18-7-11(2-4-16(18)22)6-13-10-25-19(14(13)9-20)12-3-5-15(21)17(23)8-12/h2-5,7-8,13-14,19-23H,6,9-10H2,1H3/t13-,14-,19-/m1/s1. The Morgan fingerprint density at radius 1 is 1.04 bits per heavy atom. The maximum Gasteiger partial charge on any atom is 0.160 e. The molecule has 0 amide bonds. The van der Waals surface area contributed by atoms with Crippen LogP contribution in [0.2, 0.25) is 0 Å². The van der Waals surface area contributed by atoms with Crippen LogP contribution in [-0.2, 0) is 11.2 Å². The first kappa shape index (κ1) is 17.4. The van der Waals surface area contributed by atoms with E-state index in [0.29, 0.717) is 18.8 Å². The Balaban J connectivity index is 1.78. The fourth-order valence-corrected chi connectivity index (χ4v) is 3.39. The van der Waals surface area contributed by atoms with Crippen molar-refractivity contribution in [3.8, 4) is 23.0 Å². The number of benzene rings is 2. The van der Waals surface area contributed by atoms with Crippen molar-refractivity contribution in [1.82, 2.24) is 0 Å². The van der Waals surface area contributed by atoms with E-state index in [2.05, 4.69) is 0 Å². The fourth-order valence-electron chi connectivity index (χ4n) is 3.39. The van der Waals surface area contributed by atoms with Crippen LogP contribution in [0.15, 0.2) is 36.4 Å². The molecule has 0 aromatic heterocycles. The van der Waals surface area contributed by atoms with Crippen LogP contribution in [0.4, 0.5) is 0 Å². The number of rotatable bonds is 5. The van der Waals surface area contributed by atoms with Gasteiger partial charge in [0.15, 0.2) is 23.0 Å². The second-order valence-electron chi connectivity index (χ2n) is 6.32. The number of methoxy groups -OCH3 is 1. The van der Waals surface area contributed by atoms with Crippen LogP contribution in [-0.4, -0.2) is 40.7 Å². The molecule has 2 aromatic rings. The van der Waals surface area contributed by atoms with Gasteiger partial charge in [-0.2, -0.15) is 0 Å². The molecule has 0 saturated carbocycles. The zero-order chi connectivity index (χ0) is 18.0. The normalized spacial score (nSPS) is 22.9. The zero-order valence-corrected chi connectivity index (χ0v) is 13.9. The monoisotopic (exact) mass is 346 g/mol. The first-order valence-corrected chi connectivity index (χ1v) is 8.13. The van der Waals surface area contributed by atoms with Crippen LogP contribution < -0.4 is 4.74 Å². The van der Waals surface area contributed by atoms with Gasteiger partial charge in [0.05, 0.1) is 19.8 Å². The van der Waals surface area contributed by atoms with Crippen LogP contribution in [0.1, 0.15) is 17.2 Å². The summed E-state index contributed by atoms with van der Waals surface area (Å²) in [6.45, 7) is 0.424. The minimum absolute atomic E-state index is 0.0494. The molecule has 1 saturated heterocycles. The lowest BCUT2D eigenvalue weighted by Crippen LogP contribution is -2.21. The molecule has 3 atom stereocenters. The van der Waals surface area contributed by atoms with Gasteiger partial charge in [-0.1, -0.05) is 12.1 Å². The number of hydrogen-bond acceptors (Lipinski definition) is 6. The summed E-state index contributed by atoms with van der Waals surface area (Å²) in [6, 6.07) is 9.77. The molecule has 4 N–H and O–H groups in total. The lowest BCUT2D eigenvalue weighted by atomic mass is 9.84. The highest BCUT2D eigenvalue weighted by Gasteiger charge is 2.38.